The lowest BCUT2D eigenvalue weighted by molar-refractivity contribution is 0.431. The number of likely N-dealkylation sites (N-methyl/N-ethyl adjacent to an activating group) is 1. The van der Waals surface area contributed by atoms with Crippen LogP contribution in [0.15, 0.2) is 6.33 Å². The first-order valence-corrected chi connectivity index (χ1v) is 8.21. The summed E-state index contributed by atoms with van der Waals surface area (Å²) in [6, 6.07) is 0.520. The van der Waals surface area contributed by atoms with Crippen LogP contribution in [0.4, 0.5) is 0 Å². The smallest absolute Gasteiger partial charge is 0.138 e. The summed E-state index contributed by atoms with van der Waals surface area (Å²) in [6.45, 7) is 7.66. The van der Waals surface area contributed by atoms with Gasteiger partial charge in [-0.2, -0.15) is 5.10 Å². The third-order valence-corrected chi connectivity index (χ3v) is 3.73. The highest BCUT2D eigenvalue weighted by molar-refractivity contribution is 4.89. The van der Waals surface area contributed by atoms with Gasteiger partial charge >= 0.3 is 0 Å². The fraction of sp³-hybridized carbons (Fsp3) is 0.875. The molecule has 1 atom stereocenters. The van der Waals surface area contributed by atoms with Crippen LogP contribution in [0, 0.1) is 5.92 Å². The van der Waals surface area contributed by atoms with Gasteiger partial charge in [0.1, 0.15) is 12.2 Å². The van der Waals surface area contributed by atoms with E-state index in [0.717, 1.165) is 18.8 Å². The molecule has 1 N–H and O–H groups in total. The Hall–Kier alpha value is -0.900. The molecule has 1 aromatic rings. The molecule has 0 aliphatic rings. The first kappa shape index (κ1) is 17.2. The zero-order chi connectivity index (χ0) is 14.8. The third-order valence-electron chi connectivity index (χ3n) is 3.73. The Morgan fingerprint density at radius 3 is 2.60 bits per heavy atom. The molecule has 1 heterocycles. The van der Waals surface area contributed by atoms with E-state index >= 15 is 0 Å². The van der Waals surface area contributed by atoms with Crippen LogP contribution in [0.3, 0.4) is 0 Å². The van der Waals surface area contributed by atoms with Gasteiger partial charge in [0.2, 0.25) is 0 Å². The fourth-order valence-electron chi connectivity index (χ4n) is 2.51. The highest BCUT2D eigenvalue weighted by Gasteiger charge is 2.12. The molecule has 0 aliphatic heterocycles. The molecule has 116 valence electrons. The van der Waals surface area contributed by atoms with Crippen molar-refractivity contribution in [1.29, 1.82) is 0 Å². The second-order valence-electron chi connectivity index (χ2n) is 6.14. The molecular weight excluding hydrogens is 248 g/mol. The molecule has 0 aliphatic carbocycles. The molecule has 0 spiro atoms. The van der Waals surface area contributed by atoms with Crippen molar-refractivity contribution in [2.75, 3.05) is 7.05 Å². The van der Waals surface area contributed by atoms with Crippen molar-refractivity contribution in [3.8, 4) is 0 Å². The van der Waals surface area contributed by atoms with E-state index in [-0.39, 0.29) is 0 Å². The molecule has 1 unspecified atom stereocenters. The Bertz CT molecular complexity index is 346. The van der Waals surface area contributed by atoms with Crippen LogP contribution in [0.2, 0.25) is 0 Å². The number of unbranched alkanes of at least 4 members (excludes halogenated alkanes) is 4. The SMILES string of the molecule is CCCCCCCC(Cc1ncnn1CC(C)C)NC. The Labute approximate surface area is 124 Å². The van der Waals surface area contributed by atoms with Crippen molar-refractivity contribution in [3.05, 3.63) is 12.2 Å². The van der Waals surface area contributed by atoms with Gasteiger partial charge in [-0.3, -0.25) is 0 Å². The van der Waals surface area contributed by atoms with E-state index < -0.39 is 0 Å². The van der Waals surface area contributed by atoms with Gasteiger partial charge in [0.15, 0.2) is 0 Å². The molecule has 20 heavy (non-hydrogen) atoms. The average Bonchev–Trinajstić information content (AvgIpc) is 2.83. The first-order valence-electron chi connectivity index (χ1n) is 8.21. The number of rotatable bonds is 11. The van der Waals surface area contributed by atoms with Gasteiger partial charge in [0.05, 0.1) is 0 Å². The third kappa shape index (κ3) is 6.51. The molecule has 0 aromatic carbocycles. The summed E-state index contributed by atoms with van der Waals surface area (Å²) in [4.78, 5) is 4.43. The lowest BCUT2D eigenvalue weighted by atomic mass is 10.0. The van der Waals surface area contributed by atoms with E-state index in [1.165, 1.54) is 38.5 Å². The van der Waals surface area contributed by atoms with E-state index in [1.807, 2.05) is 0 Å². The molecule has 4 nitrogen and oxygen atoms in total. The Kier molecular flexibility index (Phi) is 8.51. The maximum Gasteiger partial charge on any atom is 0.138 e. The van der Waals surface area contributed by atoms with Crippen molar-refractivity contribution in [1.82, 2.24) is 20.1 Å². The van der Waals surface area contributed by atoms with Crippen molar-refractivity contribution in [3.63, 3.8) is 0 Å². The van der Waals surface area contributed by atoms with Crippen molar-refractivity contribution in [2.24, 2.45) is 5.92 Å². The lowest BCUT2D eigenvalue weighted by Gasteiger charge is -2.16. The molecule has 0 saturated carbocycles. The van der Waals surface area contributed by atoms with Crippen molar-refractivity contribution in [2.45, 2.75) is 78.3 Å². The van der Waals surface area contributed by atoms with E-state index in [1.54, 1.807) is 6.33 Å². The van der Waals surface area contributed by atoms with Gasteiger partial charge in [-0.05, 0) is 19.4 Å². The van der Waals surface area contributed by atoms with Gasteiger partial charge in [-0.15, -0.1) is 0 Å². The largest absolute Gasteiger partial charge is 0.317 e. The van der Waals surface area contributed by atoms with E-state index in [4.69, 9.17) is 0 Å². The Balaban J connectivity index is 2.37. The highest BCUT2D eigenvalue weighted by Crippen LogP contribution is 2.11. The summed E-state index contributed by atoms with van der Waals surface area (Å²) in [6.07, 6.45) is 10.6. The lowest BCUT2D eigenvalue weighted by Crippen LogP contribution is -2.29. The molecular formula is C16H32N4. The summed E-state index contributed by atoms with van der Waals surface area (Å²) >= 11 is 0. The van der Waals surface area contributed by atoms with Gasteiger partial charge in [-0.25, -0.2) is 9.67 Å². The minimum absolute atomic E-state index is 0.520. The highest BCUT2D eigenvalue weighted by atomic mass is 15.3. The summed E-state index contributed by atoms with van der Waals surface area (Å²) in [5.74, 6) is 1.73. The fourth-order valence-corrected chi connectivity index (χ4v) is 2.51. The van der Waals surface area contributed by atoms with Crippen molar-refractivity contribution < 1.29 is 0 Å². The van der Waals surface area contributed by atoms with Gasteiger partial charge in [0.25, 0.3) is 0 Å². The van der Waals surface area contributed by atoms with Crippen LogP contribution in [-0.4, -0.2) is 27.9 Å². The Morgan fingerprint density at radius 2 is 1.95 bits per heavy atom. The zero-order valence-corrected chi connectivity index (χ0v) is 13.7. The van der Waals surface area contributed by atoms with Crippen LogP contribution in [0.5, 0.6) is 0 Å². The van der Waals surface area contributed by atoms with Crippen LogP contribution in [-0.2, 0) is 13.0 Å². The summed E-state index contributed by atoms with van der Waals surface area (Å²) < 4.78 is 2.06. The van der Waals surface area contributed by atoms with Gasteiger partial charge in [-0.1, -0.05) is 52.9 Å². The topological polar surface area (TPSA) is 42.7 Å². The average molecular weight is 280 g/mol. The molecule has 0 amide bonds. The quantitative estimate of drug-likeness (QED) is 0.632. The molecule has 1 rings (SSSR count). The van der Waals surface area contributed by atoms with Gasteiger partial charge < -0.3 is 5.32 Å². The molecule has 0 saturated heterocycles. The maximum absolute atomic E-state index is 4.43. The number of nitrogens with one attached hydrogen (secondary N) is 1. The molecule has 4 heteroatoms. The maximum atomic E-state index is 4.43. The zero-order valence-electron chi connectivity index (χ0n) is 13.7. The Morgan fingerprint density at radius 1 is 1.20 bits per heavy atom. The number of nitrogens with zero attached hydrogens (tertiary/aromatic N) is 3. The second-order valence-corrected chi connectivity index (χ2v) is 6.14. The summed E-state index contributed by atoms with van der Waals surface area (Å²) in [5.41, 5.74) is 0. The number of hydrogen-bond donors (Lipinski definition) is 1. The first-order chi connectivity index (χ1) is 9.67. The van der Waals surface area contributed by atoms with Crippen LogP contribution in [0.25, 0.3) is 0 Å². The number of hydrogen-bond acceptors (Lipinski definition) is 3. The molecule has 0 fully saturated rings. The predicted molar refractivity (Wildman–Crippen MR) is 84.8 cm³/mol. The van der Waals surface area contributed by atoms with Crippen LogP contribution < -0.4 is 5.32 Å². The van der Waals surface area contributed by atoms with Crippen LogP contribution >= 0.6 is 0 Å². The summed E-state index contributed by atoms with van der Waals surface area (Å²) in [7, 11) is 2.06. The monoisotopic (exact) mass is 280 g/mol. The summed E-state index contributed by atoms with van der Waals surface area (Å²) in [5, 5.41) is 7.77. The molecule has 1 aromatic heterocycles. The predicted octanol–water partition coefficient (Wildman–Crippen LogP) is 3.43. The normalized spacial score (nSPS) is 13.1. The van der Waals surface area contributed by atoms with E-state index in [9.17, 15) is 0 Å². The minimum Gasteiger partial charge on any atom is -0.317 e. The van der Waals surface area contributed by atoms with Gasteiger partial charge in [0, 0.05) is 19.0 Å². The molecule has 0 bridgehead atoms. The number of aromatic nitrogens is 3. The second kappa shape index (κ2) is 9.92. The molecule has 0 radical (unpaired) electrons. The van der Waals surface area contributed by atoms with Crippen molar-refractivity contribution >= 4 is 0 Å². The van der Waals surface area contributed by atoms with Crippen LogP contribution in [0.1, 0.15) is 65.1 Å². The standard InChI is InChI=1S/C16H32N4/c1-5-6-7-8-9-10-15(17-4)11-16-18-13-19-20(16)12-14(2)3/h13-15,17H,5-12H2,1-4H3. The van der Waals surface area contributed by atoms with E-state index in [0.29, 0.717) is 12.0 Å². The minimum atomic E-state index is 0.520. The van der Waals surface area contributed by atoms with E-state index in [2.05, 4.69) is 47.9 Å².